The maximum atomic E-state index is 11.2. The number of nitrogens with two attached hydrogens (primary N) is 1. The van der Waals surface area contributed by atoms with Crippen molar-refractivity contribution < 1.29 is 14.6 Å². The zero-order valence-corrected chi connectivity index (χ0v) is 15.5. The standard InChI is InChI=1S/C17H20ClN5O3/c1-8-5-20-11(9(2)14(8)26-3)7-23-6-10(4-12(24)25)13-15(18)21-17(19)22-16(13)23/h5,10H,4,6-7H2,1-3H3,(H,24,25)(H2,19,21,22)/t10-/m1/s1. The zero-order valence-electron chi connectivity index (χ0n) is 14.8. The van der Waals surface area contributed by atoms with Crippen molar-refractivity contribution in [2.45, 2.75) is 32.7 Å². The molecule has 0 fully saturated rings. The highest BCUT2D eigenvalue weighted by molar-refractivity contribution is 6.30. The number of halogens is 1. The highest BCUT2D eigenvalue weighted by Crippen LogP contribution is 2.41. The normalized spacial score (nSPS) is 15.8. The van der Waals surface area contributed by atoms with Crippen LogP contribution in [-0.4, -0.2) is 39.7 Å². The number of carboxylic acid groups (broad SMARTS) is 1. The molecule has 0 saturated carbocycles. The van der Waals surface area contributed by atoms with Crippen LogP contribution >= 0.6 is 11.6 Å². The molecule has 9 heteroatoms. The Labute approximate surface area is 156 Å². The van der Waals surface area contributed by atoms with E-state index in [1.165, 1.54) is 0 Å². The number of nitrogen functional groups attached to an aromatic ring is 1. The monoisotopic (exact) mass is 377 g/mol. The molecule has 0 bridgehead atoms. The summed E-state index contributed by atoms with van der Waals surface area (Å²) >= 11 is 6.23. The third-order valence-corrected chi connectivity index (χ3v) is 4.84. The topological polar surface area (TPSA) is 114 Å². The van der Waals surface area contributed by atoms with Crippen LogP contribution in [0.25, 0.3) is 0 Å². The van der Waals surface area contributed by atoms with Gasteiger partial charge in [-0.05, 0) is 13.8 Å². The summed E-state index contributed by atoms with van der Waals surface area (Å²) in [6.07, 6.45) is 1.70. The van der Waals surface area contributed by atoms with Crippen LogP contribution in [0.15, 0.2) is 6.20 Å². The van der Waals surface area contributed by atoms with Crippen LogP contribution in [0.3, 0.4) is 0 Å². The number of carbonyl (C=O) groups is 1. The molecule has 1 atom stereocenters. The number of hydrogen-bond donors (Lipinski definition) is 2. The predicted molar refractivity (Wildman–Crippen MR) is 97.8 cm³/mol. The summed E-state index contributed by atoms with van der Waals surface area (Å²) in [5, 5.41) is 9.41. The van der Waals surface area contributed by atoms with Crippen LogP contribution in [0.4, 0.5) is 11.8 Å². The first-order valence-electron chi connectivity index (χ1n) is 8.10. The van der Waals surface area contributed by atoms with E-state index in [1.54, 1.807) is 13.3 Å². The number of aliphatic carboxylic acids is 1. The van der Waals surface area contributed by atoms with E-state index >= 15 is 0 Å². The van der Waals surface area contributed by atoms with E-state index in [4.69, 9.17) is 22.1 Å². The summed E-state index contributed by atoms with van der Waals surface area (Å²) < 4.78 is 5.46. The fourth-order valence-electron chi connectivity index (χ4n) is 3.41. The van der Waals surface area contributed by atoms with Crippen molar-refractivity contribution in [3.63, 3.8) is 0 Å². The molecule has 0 radical (unpaired) electrons. The van der Waals surface area contributed by atoms with Crippen LogP contribution in [0.1, 0.15) is 34.7 Å². The van der Waals surface area contributed by atoms with Crippen molar-refractivity contribution in [3.8, 4) is 5.75 Å². The fraction of sp³-hybridized carbons (Fsp3) is 0.412. The van der Waals surface area contributed by atoms with E-state index in [-0.39, 0.29) is 23.4 Å². The Morgan fingerprint density at radius 2 is 2.19 bits per heavy atom. The molecular weight excluding hydrogens is 358 g/mol. The molecule has 0 spiro atoms. The predicted octanol–water partition coefficient (Wildman–Crippen LogP) is 2.31. The number of rotatable bonds is 5. The molecule has 0 amide bonds. The van der Waals surface area contributed by atoms with Crippen molar-refractivity contribution in [3.05, 3.63) is 33.7 Å². The van der Waals surface area contributed by atoms with Gasteiger partial charge in [-0.15, -0.1) is 0 Å². The minimum Gasteiger partial charge on any atom is -0.496 e. The molecular formula is C17H20ClN5O3. The lowest BCUT2D eigenvalue weighted by Crippen LogP contribution is -2.24. The van der Waals surface area contributed by atoms with E-state index in [0.717, 1.165) is 22.6 Å². The summed E-state index contributed by atoms with van der Waals surface area (Å²) in [5.74, 6) is 0.206. The first-order valence-corrected chi connectivity index (χ1v) is 8.48. The molecule has 0 unspecified atom stereocenters. The Morgan fingerprint density at radius 3 is 2.85 bits per heavy atom. The summed E-state index contributed by atoms with van der Waals surface area (Å²) in [7, 11) is 1.63. The van der Waals surface area contributed by atoms with Crippen molar-refractivity contribution in [1.82, 2.24) is 15.0 Å². The number of aryl methyl sites for hydroxylation is 1. The minimum atomic E-state index is -0.901. The second-order valence-electron chi connectivity index (χ2n) is 6.33. The molecule has 1 aliphatic rings. The molecule has 3 rings (SSSR count). The number of ether oxygens (including phenoxy) is 1. The molecule has 2 aromatic rings. The van der Waals surface area contributed by atoms with E-state index in [9.17, 15) is 9.90 Å². The lowest BCUT2D eigenvalue weighted by molar-refractivity contribution is -0.137. The number of methoxy groups -OCH3 is 1. The molecule has 0 saturated heterocycles. The number of hydrogen-bond acceptors (Lipinski definition) is 7. The molecule has 1 aliphatic heterocycles. The highest BCUT2D eigenvalue weighted by atomic mass is 35.5. The zero-order chi connectivity index (χ0) is 19.0. The van der Waals surface area contributed by atoms with Gasteiger partial charge >= 0.3 is 5.97 Å². The quantitative estimate of drug-likeness (QED) is 0.763. The molecule has 3 N–H and O–H groups in total. The summed E-state index contributed by atoms with van der Waals surface area (Å²) in [4.78, 5) is 26.0. The molecule has 0 aliphatic carbocycles. The second-order valence-corrected chi connectivity index (χ2v) is 6.69. The number of nitrogens with zero attached hydrogens (tertiary/aromatic N) is 4. The van der Waals surface area contributed by atoms with Gasteiger partial charge in [0, 0.05) is 35.3 Å². The average Bonchev–Trinajstić information content (AvgIpc) is 2.87. The molecule has 138 valence electrons. The van der Waals surface area contributed by atoms with Gasteiger partial charge in [0.25, 0.3) is 0 Å². The highest BCUT2D eigenvalue weighted by Gasteiger charge is 2.35. The fourth-order valence-corrected chi connectivity index (χ4v) is 3.74. The Hall–Kier alpha value is -2.61. The Bertz CT molecular complexity index is 874. The van der Waals surface area contributed by atoms with Gasteiger partial charge in [-0.3, -0.25) is 9.78 Å². The largest absolute Gasteiger partial charge is 0.496 e. The minimum absolute atomic E-state index is 0.0554. The first-order chi connectivity index (χ1) is 12.3. The van der Waals surface area contributed by atoms with Gasteiger partial charge in [0.2, 0.25) is 5.95 Å². The third-order valence-electron chi connectivity index (χ3n) is 4.56. The summed E-state index contributed by atoms with van der Waals surface area (Å²) in [6, 6.07) is 0. The first kappa shape index (κ1) is 18.2. The average molecular weight is 378 g/mol. The van der Waals surface area contributed by atoms with Gasteiger partial charge in [0.15, 0.2) is 0 Å². The molecule has 3 heterocycles. The summed E-state index contributed by atoms with van der Waals surface area (Å²) in [5.41, 5.74) is 9.08. The number of aromatic nitrogens is 3. The summed E-state index contributed by atoms with van der Waals surface area (Å²) in [6.45, 7) is 4.78. The van der Waals surface area contributed by atoms with E-state index in [1.807, 2.05) is 18.7 Å². The van der Waals surface area contributed by atoms with E-state index < -0.39 is 5.97 Å². The number of carboxylic acids is 1. The second kappa shape index (κ2) is 6.95. The van der Waals surface area contributed by atoms with E-state index in [2.05, 4.69) is 15.0 Å². The van der Waals surface area contributed by atoms with Crippen LogP contribution in [0.5, 0.6) is 5.75 Å². The maximum Gasteiger partial charge on any atom is 0.304 e. The van der Waals surface area contributed by atoms with Gasteiger partial charge in [-0.1, -0.05) is 11.6 Å². The number of pyridine rings is 1. The molecule has 26 heavy (non-hydrogen) atoms. The Balaban J connectivity index is 1.99. The van der Waals surface area contributed by atoms with Crippen molar-refractivity contribution in [2.24, 2.45) is 0 Å². The lowest BCUT2D eigenvalue weighted by atomic mass is 10.0. The molecule has 2 aromatic heterocycles. The van der Waals surface area contributed by atoms with Crippen molar-refractivity contribution in [1.29, 1.82) is 0 Å². The maximum absolute atomic E-state index is 11.2. The SMILES string of the molecule is COc1c(C)cnc(CN2C[C@@H](CC(=O)O)c3c(Cl)nc(N)nc32)c1C. The van der Waals surface area contributed by atoms with Crippen LogP contribution < -0.4 is 15.4 Å². The molecule has 0 aromatic carbocycles. The Kier molecular flexibility index (Phi) is 4.86. The van der Waals surface area contributed by atoms with Gasteiger partial charge in [0.05, 0.1) is 25.8 Å². The van der Waals surface area contributed by atoms with Gasteiger partial charge in [0.1, 0.15) is 16.7 Å². The van der Waals surface area contributed by atoms with Crippen LogP contribution in [0, 0.1) is 13.8 Å². The number of anilines is 2. The molecule has 8 nitrogen and oxygen atoms in total. The number of fused-ring (bicyclic) bond motifs is 1. The van der Waals surface area contributed by atoms with E-state index in [0.29, 0.717) is 24.5 Å². The third kappa shape index (κ3) is 3.24. The van der Waals surface area contributed by atoms with Crippen molar-refractivity contribution >= 4 is 29.3 Å². The lowest BCUT2D eigenvalue weighted by Gasteiger charge is -2.21. The van der Waals surface area contributed by atoms with Crippen molar-refractivity contribution in [2.75, 3.05) is 24.3 Å². The Morgan fingerprint density at radius 1 is 1.46 bits per heavy atom. The smallest absolute Gasteiger partial charge is 0.304 e. The van der Waals surface area contributed by atoms with Gasteiger partial charge in [-0.2, -0.15) is 4.98 Å². The van der Waals surface area contributed by atoms with Crippen LogP contribution in [0.2, 0.25) is 5.15 Å². The van der Waals surface area contributed by atoms with Crippen LogP contribution in [-0.2, 0) is 11.3 Å². The van der Waals surface area contributed by atoms with Gasteiger partial charge in [-0.25, -0.2) is 4.98 Å². The van der Waals surface area contributed by atoms with Gasteiger partial charge < -0.3 is 20.5 Å².